The highest BCUT2D eigenvalue weighted by atomic mass is 19.4. The van der Waals surface area contributed by atoms with E-state index in [9.17, 15) is 27.6 Å². The normalized spacial score (nSPS) is 20.4. The fourth-order valence-electron chi connectivity index (χ4n) is 6.48. The van der Waals surface area contributed by atoms with Crippen LogP contribution in [0.5, 0.6) is 0 Å². The Hall–Kier alpha value is -3.87. The number of rotatable bonds is 12. The molecule has 1 saturated heterocycles. The number of nitrogens with one attached hydrogen (secondary N) is 1. The molecule has 0 aromatic heterocycles. The Morgan fingerprint density at radius 3 is 2.40 bits per heavy atom. The number of carboxylic acid groups (broad SMARTS) is 1. The number of allylic oxidation sites excluding steroid dienone is 1. The highest BCUT2D eigenvalue weighted by Crippen LogP contribution is 2.33. The minimum Gasteiger partial charge on any atom is -0.475 e. The van der Waals surface area contributed by atoms with E-state index in [1.54, 1.807) is 15.9 Å². The number of amides is 2. The quantitative estimate of drug-likeness (QED) is 0.162. The number of halogens is 3. The Kier molecular flexibility index (Phi) is 13.9. The van der Waals surface area contributed by atoms with E-state index in [1.165, 1.54) is 7.11 Å². The molecule has 2 heterocycles. The van der Waals surface area contributed by atoms with Crippen molar-refractivity contribution in [3.05, 3.63) is 54.1 Å². The number of carboxylic acids is 1. The molecule has 1 aromatic carbocycles. The Balaban J connectivity index is 0.000000771. The van der Waals surface area contributed by atoms with Gasteiger partial charge in [-0.2, -0.15) is 13.2 Å². The first-order chi connectivity index (χ1) is 22.3. The van der Waals surface area contributed by atoms with Gasteiger partial charge in [0.25, 0.3) is 0 Å². The third kappa shape index (κ3) is 10.3. The topological polar surface area (TPSA) is 125 Å². The van der Waals surface area contributed by atoms with Gasteiger partial charge in [0.15, 0.2) is 0 Å². The summed E-state index contributed by atoms with van der Waals surface area (Å²) in [6, 6.07) is 4.98. The van der Waals surface area contributed by atoms with Gasteiger partial charge < -0.3 is 24.8 Å². The predicted molar refractivity (Wildman–Crippen MR) is 169 cm³/mol. The lowest BCUT2D eigenvalue weighted by molar-refractivity contribution is -0.192. The summed E-state index contributed by atoms with van der Waals surface area (Å²) < 4.78 is 42.7. The molecule has 2 fully saturated rings. The van der Waals surface area contributed by atoms with Crippen molar-refractivity contribution < 1.29 is 46.9 Å². The highest BCUT2D eigenvalue weighted by Gasteiger charge is 2.46. The first-order valence-electron chi connectivity index (χ1n) is 16.0. The molecular weight excluding hydrogens is 619 g/mol. The van der Waals surface area contributed by atoms with Gasteiger partial charge in [-0.3, -0.25) is 9.69 Å². The van der Waals surface area contributed by atoms with Crippen LogP contribution in [0.1, 0.15) is 81.4 Å². The molecule has 260 valence electrons. The van der Waals surface area contributed by atoms with Crippen LogP contribution in [0.25, 0.3) is 6.08 Å². The molecular formula is C34H46F3N3O7. The van der Waals surface area contributed by atoms with E-state index in [0.29, 0.717) is 13.1 Å². The Bertz CT molecular complexity index is 1280. The molecule has 1 aromatic rings. The molecule has 2 N–H and O–H groups in total. The molecule has 1 saturated carbocycles. The number of aliphatic carboxylic acids is 1. The number of hydrogen-bond acceptors (Lipinski definition) is 7. The third-order valence-electron chi connectivity index (χ3n) is 8.92. The van der Waals surface area contributed by atoms with Gasteiger partial charge in [0, 0.05) is 19.0 Å². The molecule has 0 bridgehead atoms. The summed E-state index contributed by atoms with van der Waals surface area (Å²) in [7, 11) is 1.33. The number of esters is 1. The molecule has 0 radical (unpaired) electrons. The van der Waals surface area contributed by atoms with Crippen LogP contribution in [0.4, 0.5) is 18.0 Å². The Morgan fingerprint density at radius 2 is 1.81 bits per heavy atom. The second-order valence-corrected chi connectivity index (χ2v) is 12.3. The van der Waals surface area contributed by atoms with Gasteiger partial charge in [-0.25, -0.2) is 14.4 Å². The second-order valence-electron chi connectivity index (χ2n) is 12.3. The highest BCUT2D eigenvalue weighted by molar-refractivity contribution is 5.88. The van der Waals surface area contributed by atoms with Gasteiger partial charge in [0.2, 0.25) is 5.91 Å². The van der Waals surface area contributed by atoms with Crippen molar-refractivity contribution in [1.82, 2.24) is 15.1 Å². The van der Waals surface area contributed by atoms with Gasteiger partial charge in [-0.05, 0) is 61.6 Å². The summed E-state index contributed by atoms with van der Waals surface area (Å²) in [4.78, 5) is 52.2. The van der Waals surface area contributed by atoms with E-state index in [0.717, 1.165) is 68.1 Å². The van der Waals surface area contributed by atoms with Crippen LogP contribution in [-0.2, 0) is 36.9 Å². The zero-order valence-electron chi connectivity index (χ0n) is 27.1. The fourth-order valence-corrected chi connectivity index (χ4v) is 6.48. The van der Waals surface area contributed by atoms with Gasteiger partial charge in [-0.15, -0.1) is 6.58 Å². The minimum atomic E-state index is -5.08. The molecule has 1 aliphatic carbocycles. The zero-order valence-corrected chi connectivity index (χ0v) is 27.1. The van der Waals surface area contributed by atoms with E-state index in [-0.39, 0.29) is 36.9 Å². The molecule has 4 atom stereocenters. The monoisotopic (exact) mass is 665 g/mol. The van der Waals surface area contributed by atoms with Crippen molar-refractivity contribution in [3.63, 3.8) is 0 Å². The molecule has 2 aliphatic heterocycles. The maximum atomic E-state index is 14.1. The average Bonchev–Trinajstić information content (AvgIpc) is 3.81. The second kappa shape index (κ2) is 17.3. The summed E-state index contributed by atoms with van der Waals surface area (Å²) in [5, 5.41) is 10.7. The van der Waals surface area contributed by atoms with Crippen LogP contribution in [0.15, 0.2) is 37.4 Å². The fraction of sp³-hybridized carbons (Fsp3) is 0.588. The molecule has 13 heteroatoms. The van der Waals surface area contributed by atoms with E-state index >= 15 is 0 Å². The van der Waals surface area contributed by atoms with Crippen LogP contribution in [0.3, 0.4) is 0 Å². The van der Waals surface area contributed by atoms with Crippen LogP contribution in [0.2, 0.25) is 0 Å². The van der Waals surface area contributed by atoms with Crippen molar-refractivity contribution in [2.45, 2.75) is 108 Å². The summed E-state index contributed by atoms with van der Waals surface area (Å²) in [5.74, 6) is -3.10. The van der Waals surface area contributed by atoms with Crippen molar-refractivity contribution in [2.24, 2.45) is 5.92 Å². The molecule has 10 nitrogen and oxygen atoms in total. The summed E-state index contributed by atoms with van der Waals surface area (Å²) in [5.41, 5.74) is 3.17. The van der Waals surface area contributed by atoms with Gasteiger partial charge in [0.05, 0.1) is 26.2 Å². The van der Waals surface area contributed by atoms with Crippen molar-refractivity contribution in [1.29, 1.82) is 0 Å². The molecule has 3 aliphatic rings. The largest absolute Gasteiger partial charge is 0.490 e. The maximum Gasteiger partial charge on any atom is 0.490 e. The van der Waals surface area contributed by atoms with Crippen molar-refractivity contribution in [3.8, 4) is 0 Å². The van der Waals surface area contributed by atoms with E-state index in [2.05, 4.69) is 25.4 Å². The summed E-state index contributed by atoms with van der Waals surface area (Å²) in [6.07, 6.45) is 6.17. The number of hydrogen-bond donors (Lipinski definition) is 2. The van der Waals surface area contributed by atoms with Crippen molar-refractivity contribution >= 4 is 30.0 Å². The summed E-state index contributed by atoms with van der Waals surface area (Å²) >= 11 is 0. The number of alkyl halides is 3. The van der Waals surface area contributed by atoms with Gasteiger partial charge in [-0.1, -0.05) is 56.2 Å². The number of likely N-dealkylation sites (tertiary alicyclic amines) is 1. The first-order valence-corrected chi connectivity index (χ1v) is 16.0. The van der Waals surface area contributed by atoms with Crippen LogP contribution in [0, 0.1) is 5.92 Å². The van der Waals surface area contributed by atoms with E-state index < -0.39 is 36.4 Å². The molecule has 2 amide bonds. The predicted octanol–water partition coefficient (Wildman–Crippen LogP) is 5.84. The molecule has 1 unspecified atom stereocenters. The molecule has 47 heavy (non-hydrogen) atoms. The standard InChI is InChI=1S/C32H45N3O5.C2HF3O2/c1-5-7-8-9-13-22(3)33-29(24-14-10-11-15-24)30(36)35-20-26(18-28(35)31(37)39-4)40-32(38)34-19-25-17-12-16-23(6-2)27(25)21-34;3-2(4,5)1(6)7/h5-6,12,16-17,22,24,26,28-29,33H,1-2,7-11,13-15,18-21H2,3-4H3;(H,6,7)/t22?,26-,28+,29+;/m1./s1. The van der Waals surface area contributed by atoms with E-state index in [1.807, 2.05) is 24.3 Å². The van der Waals surface area contributed by atoms with Crippen LogP contribution >= 0.6 is 0 Å². The minimum absolute atomic E-state index is 0.0945. The van der Waals surface area contributed by atoms with Gasteiger partial charge >= 0.3 is 24.2 Å². The number of methoxy groups -OCH3 is 1. The lowest BCUT2D eigenvalue weighted by atomic mass is 9.95. The number of carbonyl (C=O) groups excluding carboxylic acids is 3. The maximum absolute atomic E-state index is 14.1. The smallest absolute Gasteiger partial charge is 0.475 e. The van der Waals surface area contributed by atoms with E-state index in [4.69, 9.17) is 19.4 Å². The number of unbranched alkanes of at least 4 members (excludes halogenated alkanes) is 2. The lowest BCUT2D eigenvalue weighted by Gasteiger charge is -2.33. The zero-order chi connectivity index (χ0) is 34.7. The van der Waals surface area contributed by atoms with Crippen LogP contribution < -0.4 is 5.32 Å². The van der Waals surface area contributed by atoms with Gasteiger partial charge in [0.1, 0.15) is 12.1 Å². The Morgan fingerprint density at radius 1 is 1.13 bits per heavy atom. The van der Waals surface area contributed by atoms with Crippen molar-refractivity contribution in [2.75, 3.05) is 13.7 Å². The lowest BCUT2D eigenvalue weighted by Crippen LogP contribution is -2.55. The number of ether oxygens (including phenoxy) is 2. The number of carbonyl (C=O) groups is 4. The SMILES string of the molecule is C=CCCCCC(C)N[C@H](C(=O)N1C[C@H](OC(=O)N2Cc3cccc(C=C)c3C2)C[C@H]1C(=O)OC)C1CCCC1.O=C(O)C(F)(F)F. The third-order valence-corrected chi connectivity index (χ3v) is 8.92. The number of benzene rings is 1. The van der Waals surface area contributed by atoms with Crippen LogP contribution in [-0.4, -0.2) is 82.9 Å². The average molecular weight is 666 g/mol. The number of nitrogens with zero attached hydrogens (tertiary/aromatic N) is 2. The summed E-state index contributed by atoms with van der Waals surface area (Å²) in [6.45, 7) is 10.9. The molecule has 0 spiro atoms. The number of fused-ring (bicyclic) bond motifs is 1. The first kappa shape index (κ1) is 37.6. The molecule has 4 rings (SSSR count). The Labute approximate surface area is 273 Å².